The largest absolute Gasteiger partial charge is 0.477 e. The zero-order valence-electron chi connectivity index (χ0n) is 14.2. The van der Waals surface area contributed by atoms with Crippen LogP contribution in [0.1, 0.15) is 17.8 Å². The van der Waals surface area contributed by atoms with Gasteiger partial charge in [-0.2, -0.15) is 0 Å². The molecule has 0 aliphatic carbocycles. The van der Waals surface area contributed by atoms with Crippen LogP contribution in [0.3, 0.4) is 0 Å². The average Bonchev–Trinajstić information content (AvgIpc) is 2.99. The lowest BCUT2D eigenvalue weighted by atomic mass is 9.75. The van der Waals surface area contributed by atoms with E-state index in [0.29, 0.717) is 5.92 Å². The summed E-state index contributed by atoms with van der Waals surface area (Å²) in [5.41, 5.74) is 0.260. The summed E-state index contributed by atoms with van der Waals surface area (Å²) in [6, 6.07) is 5.80. The second-order valence-corrected chi connectivity index (χ2v) is 8.10. The van der Waals surface area contributed by atoms with E-state index >= 15 is 0 Å². The number of nitrogens with zero attached hydrogens (tertiary/aromatic N) is 5. The Morgan fingerprint density at radius 3 is 2.92 bits per heavy atom. The zero-order valence-corrected chi connectivity index (χ0v) is 15.0. The van der Waals surface area contributed by atoms with Crippen molar-refractivity contribution in [2.75, 3.05) is 38.2 Å². The van der Waals surface area contributed by atoms with Crippen molar-refractivity contribution in [2.24, 2.45) is 5.92 Å². The molecule has 2 aromatic heterocycles. The zero-order chi connectivity index (χ0) is 16.6. The number of likely N-dealkylation sites (N-methyl/N-ethyl adjacent to an activating group) is 1. The lowest BCUT2D eigenvalue weighted by molar-refractivity contribution is 0.00586. The van der Waals surface area contributed by atoms with E-state index in [1.165, 1.54) is 12.8 Å². The van der Waals surface area contributed by atoms with Crippen LogP contribution in [0.2, 0.25) is 0 Å². The maximum atomic E-state index is 5.89. The maximum Gasteiger partial charge on any atom is 0.213 e. The molecular formula is C17H23N5OS. The van der Waals surface area contributed by atoms with Gasteiger partial charge in [-0.1, -0.05) is 17.4 Å². The molecule has 2 saturated heterocycles. The summed E-state index contributed by atoms with van der Waals surface area (Å²) in [5.74, 6) is 1.31. The predicted octanol–water partition coefficient (Wildman–Crippen LogP) is 2.22. The van der Waals surface area contributed by atoms with E-state index in [9.17, 15) is 0 Å². The molecule has 6 nitrogen and oxygen atoms in total. The van der Waals surface area contributed by atoms with Crippen molar-refractivity contribution in [2.45, 2.75) is 25.3 Å². The Bertz CT molecular complexity index is 685. The van der Waals surface area contributed by atoms with Crippen LogP contribution in [0.15, 0.2) is 24.4 Å². The lowest BCUT2D eigenvalue weighted by Gasteiger charge is -2.58. The molecule has 128 valence electrons. The molecule has 0 bridgehead atoms. The highest BCUT2D eigenvalue weighted by atomic mass is 32.1. The molecule has 4 heterocycles. The Morgan fingerprint density at radius 2 is 2.21 bits per heavy atom. The summed E-state index contributed by atoms with van der Waals surface area (Å²) in [4.78, 5) is 9.12. The molecule has 0 N–H and O–H groups in total. The molecule has 0 radical (unpaired) electrons. The van der Waals surface area contributed by atoms with Crippen LogP contribution in [0, 0.1) is 12.8 Å². The molecule has 2 aromatic rings. The van der Waals surface area contributed by atoms with Crippen molar-refractivity contribution in [3.63, 3.8) is 0 Å². The van der Waals surface area contributed by atoms with Crippen LogP contribution in [0.4, 0.5) is 5.13 Å². The number of hydrogen-bond acceptors (Lipinski definition) is 7. The first-order valence-electron chi connectivity index (χ1n) is 8.45. The molecule has 0 amide bonds. The first kappa shape index (κ1) is 15.8. The molecule has 4 rings (SSSR count). The molecule has 1 unspecified atom stereocenters. The highest BCUT2D eigenvalue weighted by Crippen LogP contribution is 2.41. The Kier molecular flexibility index (Phi) is 4.14. The fourth-order valence-corrected chi connectivity index (χ4v) is 4.46. The molecule has 0 aromatic carbocycles. The standard InChI is InChI=1S/C17H23N5OS/c1-13-19-20-16(24-13)22-11-17(12-22)9-14(6-8-21(17)2)10-23-15-5-3-4-7-18-15/h3-5,7,14H,6,8-12H2,1-2H3. The van der Waals surface area contributed by atoms with E-state index < -0.39 is 0 Å². The van der Waals surface area contributed by atoms with Crippen LogP contribution in [-0.4, -0.2) is 58.9 Å². The lowest BCUT2D eigenvalue weighted by Crippen LogP contribution is -2.72. The number of aromatic nitrogens is 3. The van der Waals surface area contributed by atoms with Crippen molar-refractivity contribution in [1.29, 1.82) is 0 Å². The second-order valence-electron chi connectivity index (χ2n) is 6.94. The minimum atomic E-state index is 0.260. The number of piperidine rings is 1. The third-order valence-corrected chi connectivity index (χ3v) is 6.11. The van der Waals surface area contributed by atoms with Crippen LogP contribution in [0.5, 0.6) is 5.88 Å². The van der Waals surface area contributed by atoms with E-state index in [-0.39, 0.29) is 5.54 Å². The Labute approximate surface area is 146 Å². The Balaban J connectivity index is 1.36. The molecule has 2 aliphatic heterocycles. The fraction of sp³-hybridized carbons (Fsp3) is 0.588. The third kappa shape index (κ3) is 2.98. The number of hydrogen-bond donors (Lipinski definition) is 0. The Morgan fingerprint density at radius 1 is 1.33 bits per heavy atom. The van der Waals surface area contributed by atoms with E-state index in [0.717, 1.165) is 42.3 Å². The number of likely N-dealkylation sites (tertiary alicyclic amines) is 1. The van der Waals surface area contributed by atoms with Crippen LogP contribution in [0.25, 0.3) is 0 Å². The highest BCUT2D eigenvalue weighted by Gasteiger charge is 2.50. The number of anilines is 1. The van der Waals surface area contributed by atoms with Gasteiger partial charge in [0.1, 0.15) is 5.01 Å². The molecule has 2 aliphatic rings. The maximum absolute atomic E-state index is 5.89. The van der Waals surface area contributed by atoms with Crippen molar-refractivity contribution >= 4 is 16.5 Å². The number of aryl methyl sites for hydroxylation is 1. The van der Waals surface area contributed by atoms with Crippen molar-refractivity contribution in [3.05, 3.63) is 29.4 Å². The molecular weight excluding hydrogens is 322 g/mol. The van der Waals surface area contributed by atoms with E-state index in [1.807, 2.05) is 25.1 Å². The van der Waals surface area contributed by atoms with Gasteiger partial charge in [0.2, 0.25) is 11.0 Å². The van der Waals surface area contributed by atoms with Gasteiger partial charge in [-0.3, -0.25) is 4.90 Å². The normalized spacial score (nSPS) is 23.2. The summed E-state index contributed by atoms with van der Waals surface area (Å²) < 4.78 is 5.89. The molecule has 24 heavy (non-hydrogen) atoms. The van der Waals surface area contributed by atoms with E-state index in [4.69, 9.17) is 4.74 Å². The SMILES string of the molecule is Cc1nnc(N2CC3(CC(COc4ccccn4)CCN3C)C2)s1. The van der Waals surface area contributed by atoms with Gasteiger partial charge in [-0.15, -0.1) is 10.2 Å². The van der Waals surface area contributed by atoms with Gasteiger partial charge in [0, 0.05) is 25.4 Å². The van der Waals surface area contributed by atoms with Crippen LogP contribution in [-0.2, 0) is 0 Å². The molecule has 1 spiro atoms. The number of pyridine rings is 1. The van der Waals surface area contributed by atoms with Gasteiger partial charge in [0.25, 0.3) is 0 Å². The van der Waals surface area contributed by atoms with Gasteiger partial charge >= 0.3 is 0 Å². The molecule has 7 heteroatoms. The van der Waals surface area contributed by atoms with Gasteiger partial charge in [0.05, 0.1) is 12.1 Å². The summed E-state index contributed by atoms with van der Waals surface area (Å²) in [5, 5.41) is 10.5. The van der Waals surface area contributed by atoms with Gasteiger partial charge < -0.3 is 9.64 Å². The number of rotatable bonds is 4. The van der Waals surface area contributed by atoms with Crippen molar-refractivity contribution in [3.8, 4) is 5.88 Å². The van der Waals surface area contributed by atoms with Crippen LogP contribution >= 0.6 is 11.3 Å². The third-order valence-electron chi connectivity index (χ3n) is 5.21. The molecule has 1 atom stereocenters. The molecule has 0 saturated carbocycles. The van der Waals surface area contributed by atoms with Gasteiger partial charge in [0.15, 0.2) is 0 Å². The van der Waals surface area contributed by atoms with Gasteiger partial charge in [-0.25, -0.2) is 4.98 Å². The topological polar surface area (TPSA) is 54.4 Å². The quantitative estimate of drug-likeness (QED) is 0.847. The summed E-state index contributed by atoms with van der Waals surface area (Å²) in [6.07, 6.45) is 4.13. The summed E-state index contributed by atoms with van der Waals surface area (Å²) >= 11 is 1.68. The molecule has 2 fully saturated rings. The second kappa shape index (κ2) is 6.29. The highest BCUT2D eigenvalue weighted by molar-refractivity contribution is 7.15. The minimum absolute atomic E-state index is 0.260. The van der Waals surface area contributed by atoms with Crippen molar-refractivity contribution < 1.29 is 4.74 Å². The first-order chi connectivity index (χ1) is 11.6. The Hall–Kier alpha value is -1.73. The first-order valence-corrected chi connectivity index (χ1v) is 9.26. The van der Waals surface area contributed by atoms with E-state index in [2.05, 4.69) is 32.0 Å². The predicted molar refractivity (Wildman–Crippen MR) is 94.7 cm³/mol. The number of ether oxygens (including phenoxy) is 1. The summed E-state index contributed by atoms with van der Waals surface area (Å²) in [6.45, 7) is 5.97. The van der Waals surface area contributed by atoms with Gasteiger partial charge in [-0.05, 0) is 45.3 Å². The van der Waals surface area contributed by atoms with E-state index in [1.54, 1.807) is 17.5 Å². The summed E-state index contributed by atoms with van der Waals surface area (Å²) in [7, 11) is 2.25. The average molecular weight is 345 g/mol. The van der Waals surface area contributed by atoms with Crippen LogP contribution < -0.4 is 9.64 Å². The fourth-order valence-electron chi connectivity index (χ4n) is 3.77. The smallest absolute Gasteiger partial charge is 0.213 e. The minimum Gasteiger partial charge on any atom is -0.477 e. The van der Waals surface area contributed by atoms with Crippen molar-refractivity contribution in [1.82, 2.24) is 20.1 Å². The monoisotopic (exact) mass is 345 g/mol.